The van der Waals surface area contributed by atoms with Crippen LogP contribution in [0, 0.1) is 0 Å². The lowest BCUT2D eigenvalue weighted by Gasteiger charge is -2.45. The van der Waals surface area contributed by atoms with Gasteiger partial charge in [-0.1, -0.05) is 93.6 Å². The Balaban J connectivity index is 2.14. The van der Waals surface area contributed by atoms with E-state index in [9.17, 15) is 4.21 Å². The summed E-state index contributed by atoms with van der Waals surface area (Å²) in [5.41, 5.74) is 0.302. The van der Waals surface area contributed by atoms with E-state index < -0.39 is 29.6 Å². The molecule has 2 atom stereocenters. The fraction of sp³-hybridized carbons (Fsp3) is 0.400. The Labute approximate surface area is 221 Å². The van der Waals surface area contributed by atoms with E-state index in [4.69, 9.17) is 9.16 Å². The zero-order valence-electron chi connectivity index (χ0n) is 22.9. The number of hydrogen-bond acceptors (Lipinski definition) is 3. The Morgan fingerprint density at radius 2 is 1.22 bits per heavy atom. The Morgan fingerprint density at radius 3 is 1.61 bits per heavy atom. The molecule has 0 saturated carbocycles. The lowest BCUT2D eigenvalue weighted by atomic mass is 9.94. The molecule has 0 aliphatic carbocycles. The van der Waals surface area contributed by atoms with Crippen molar-refractivity contribution < 1.29 is 13.4 Å². The average Bonchev–Trinajstić information content (AvgIpc) is 2.84. The van der Waals surface area contributed by atoms with Crippen molar-refractivity contribution in [1.82, 2.24) is 4.72 Å². The molecule has 0 fully saturated rings. The third kappa shape index (κ3) is 6.00. The van der Waals surface area contributed by atoms with Crippen LogP contribution in [0.2, 0.25) is 5.04 Å². The quantitative estimate of drug-likeness (QED) is 0.375. The van der Waals surface area contributed by atoms with Gasteiger partial charge in [0.25, 0.3) is 8.32 Å². The summed E-state index contributed by atoms with van der Waals surface area (Å²) in [6, 6.07) is 29.1. The topological polar surface area (TPSA) is 47.6 Å². The van der Waals surface area contributed by atoms with Gasteiger partial charge in [0.1, 0.15) is 5.75 Å². The van der Waals surface area contributed by atoms with E-state index >= 15 is 0 Å². The fourth-order valence-corrected chi connectivity index (χ4v) is 10.1. The fourth-order valence-electron chi connectivity index (χ4n) is 4.50. The maximum atomic E-state index is 13.4. The van der Waals surface area contributed by atoms with Crippen molar-refractivity contribution in [2.75, 3.05) is 13.7 Å². The van der Waals surface area contributed by atoms with Gasteiger partial charge in [-0.2, -0.15) is 0 Å². The van der Waals surface area contributed by atoms with Gasteiger partial charge in [0, 0.05) is 0 Å². The third-order valence-electron chi connectivity index (χ3n) is 6.60. The number of hydrogen-bond donors (Lipinski definition) is 1. The molecule has 3 aromatic rings. The zero-order chi connectivity index (χ0) is 26.6. The summed E-state index contributed by atoms with van der Waals surface area (Å²) < 4.78 is 29.0. The third-order valence-corrected chi connectivity index (χ3v) is 13.3. The standard InChI is InChI=1S/C30H41NO3SSi/c1-28(2,3)35(32)31-30(7,24-19-21-25(33-8)22-20-24)23-34-36(29(4,5)6,26-15-11-9-12-16-26)27-17-13-10-14-18-27/h9-22,31H,23H2,1-8H3/t30-,35-/m0/s1. The maximum absolute atomic E-state index is 13.4. The van der Waals surface area contributed by atoms with Crippen LogP contribution in [0.15, 0.2) is 84.9 Å². The first-order chi connectivity index (χ1) is 16.8. The minimum Gasteiger partial charge on any atom is -0.497 e. The molecule has 6 heteroatoms. The SMILES string of the molecule is COc1ccc([C@](C)(CO[Si](c2ccccc2)(c2ccccc2)C(C)(C)C)N[S@@](=O)C(C)(C)C)cc1. The zero-order valence-corrected chi connectivity index (χ0v) is 24.7. The van der Waals surface area contributed by atoms with Crippen LogP contribution in [0.4, 0.5) is 0 Å². The van der Waals surface area contributed by atoms with Crippen LogP contribution in [-0.2, 0) is 21.0 Å². The van der Waals surface area contributed by atoms with Gasteiger partial charge in [0.2, 0.25) is 0 Å². The van der Waals surface area contributed by atoms with Crippen molar-refractivity contribution in [2.24, 2.45) is 0 Å². The first-order valence-electron chi connectivity index (χ1n) is 12.4. The van der Waals surface area contributed by atoms with Crippen molar-refractivity contribution >= 4 is 29.7 Å². The van der Waals surface area contributed by atoms with E-state index in [1.165, 1.54) is 10.4 Å². The Bertz CT molecular complexity index is 1100. The molecular weight excluding hydrogens is 482 g/mol. The van der Waals surface area contributed by atoms with E-state index in [0.29, 0.717) is 6.61 Å². The average molecular weight is 524 g/mol. The highest BCUT2D eigenvalue weighted by atomic mass is 32.2. The molecule has 0 heterocycles. The van der Waals surface area contributed by atoms with Gasteiger partial charge in [-0.3, -0.25) is 0 Å². The van der Waals surface area contributed by atoms with Crippen molar-refractivity contribution in [3.63, 3.8) is 0 Å². The summed E-state index contributed by atoms with van der Waals surface area (Å²) in [5.74, 6) is 0.783. The highest BCUT2D eigenvalue weighted by Crippen LogP contribution is 2.38. The van der Waals surface area contributed by atoms with Gasteiger partial charge in [-0.05, 0) is 60.8 Å². The minimum atomic E-state index is -2.77. The molecule has 0 unspecified atom stereocenters. The molecule has 194 valence electrons. The first kappa shape index (κ1) is 28.3. The van der Waals surface area contributed by atoms with Crippen LogP contribution in [0.3, 0.4) is 0 Å². The highest BCUT2D eigenvalue weighted by molar-refractivity contribution is 7.84. The molecule has 36 heavy (non-hydrogen) atoms. The molecular formula is C30H41NO3SSi. The summed E-state index contributed by atoms with van der Waals surface area (Å²) in [6.07, 6.45) is 0. The van der Waals surface area contributed by atoms with Crippen LogP contribution < -0.4 is 19.8 Å². The molecule has 3 rings (SSSR count). The Kier molecular flexibility index (Phi) is 8.66. The van der Waals surface area contributed by atoms with Crippen molar-refractivity contribution in [2.45, 2.75) is 63.8 Å². The Hall–Kier alpha value is -2.25. The molecule has 0 aromatic heterocycles. The monoisotopic (exact) mass is 523 g/mol. The molecule has 0 aliphatic heterocycles. The van der Waals surface area contributed by atoms with E-state index in [1.54, 1.807) is 7.11 Å². The van der Waals surface area contributed by atoms with Crippen molar-refractivity contribution in [3.05, 3.63) is 90.5 Å². The predicted octanol–water partition coefficient (Wildman–Crippen LogP) is 5.54. The van der Waals surface area contributed by atoms with Crippen LogP contribution in [-0.4, -0.2) is 31.0 Å². The number of methoxy groups -OCH3 is 1. The van der Waals surface area contributed by atoms with Crippen molar-refractivity contribution in [1.29, 1.82) is 0 Å². The molecule has 0 amide bonds. The summed E-state index contributed by atoms with van der Waals surface area (Å²) in [6.45, 7) is 15.2. The first-order valence-corrected chi connectivity index (χ1v) is 15.5. The van der Waals surface area contributed by atoms with Gasteiger partial charge in [0.15, 0.2) is 0 Å². The van der Waals surface area contributed by atoms with Gasteiger partial charge < -0.3 is 9.16 Å². The second-order valence-electron chi connectivity index (χ2n) is 11.5. The van der Waals surface area contributed by atoms with Crippen molar-refractivity contribution in [3.8, 4) is 5.75 Å². The number of nitrogens with one attached hydrogen (secondary N) is 1. The number of rotatable bonds is 9. The van der Waals surface area contributed by atoms with Crippen LogP contribution >= 0.6 is 0 Å². The molecule has 0 aliphatic rings. The van der Waals surface area contributed by atoms with Gasteiger partial charge in [0.05, 0.1) is 35.0 Å². The largest absolute Gasteiger partial charge is 0.497 e. The maximum Gasteiger partial charge on any atom is 0.261 e. The van der Waals surface area contributed by atoms with Crippen LogP contribution in [0.1, 0.15) is 54.0 Å². The molecule has 1 N–H and O–H groups in total. The van der Waals surface area contributed by atoms with E-state index in [-0.39, 0.29) is 5.04 Å². The molecule has 0 saturated heterocycles. The lowest BCUT2D eigenvalue weighted by molar-refractivity contribution is 0.206. The number of benzene rings is 3. The van der Waals surface area contributed by atoms with Crippen LogP contribution in [0.5, 0.6) is 5.75 Å². The van der Waals surface area contributed by atoms with Crippen LogP contribution in [0.25, 0.3) is 0 Å². The van der Waals surface area contributed by atoms with E-state index in [2.05, 4.69) is 80.9 Å². The van der Waals surface area contributed by atoms with Gasteiger partial charge >= 0.3 is 0 Å². The van der Waals surface area contributed by atoms with Gasteiger partial charge in [-0.25, -0.2) is 8.93 Å². The molecule has 0 bridgehead atoms. The summed E-state index contributed by atoms with van der Waals surface area (Å²) in [7, 11) is -2.41. The highest BCUT2D eigenvalue weighted by Gasteiger charge is 2.51. The predicted molar refractivity (Wildman–Crippen MR) is 155 cm³/mol. The van der Waals surface area contributed by atoms with Gasteiger partial charge in [-0.15, -0.1) is 0 Å². The normalized spacial score (nSPS) is 15.2. The summed E-state index contributed by atoms with van der Waals surface area (Å²) in [4.78, 5) is 0. The second kappa shape index (κ2) is 11.0. The smallest absolute Gasteiger partial charge is 0.261 e. The molecule has 0 spiro atoms. The molecule has 3 aromatic carbocycles. The second-order valence-corrected chi connectivity index (χ2v) is 17.8. The summed E-state index contributed by atoms with van der Waals surface area (Å²) >= 11 is 0. The van der Waals surface area contributed by atoms with E-state index in [1.807, 2.05) is 57.2 Å². The van der Waals surface area contributed by atoms with E-state index in [0.717, 1.165) is 11.3 Å². The number of ether oxygens (including phenoxy) is 1. The lowest BCUT2D eigenvalue weighted by Crippen LogP contribution is -2.68. The molecule has 0 radical (unpaired) electrons. The minimum absolute atomic E-state index is 0.153. The molecule has 4 nitrogen and oxygen atoms in total. The Morgan fingerprint density at radius 1 is 0.750 bits per heavy atom. The summed E-state index contributed by atoms with van der Waals surface area (Å²) in [5, 5.41) is 2.29.